The van der Waals surface area contributed by atoms with E-state index in [1.165, 1.54) is 18.5 Å². The van der Waals surface area contributed by atoms with Gasteiger partial charge in [0.15, 0.2) is 0 Å². The predicted molar refractivity (Wildman–Crippen MR) is 85.6 cm³/mol. The first-order valence-corrected chi connectivity index (χ1v) is 7.96. The van der Waals surface area contributed by atoms with Gasteiger partial charge in [-0.2, -0.15) is 0 Å². The second-order valence-corrected chi connectivity index (χ2v) is 7.64. The van der Waals surface area contributed by atoms with Gasteiger partial charge < -0.3 is 15.0 Å². The highest BCUT2D eigenvalue weighted by Crippen LogP contribution is 2.31. The van der Waals surface area contributed by atoms with Gasteiger partial charge in [0.2, 0.25) is 0 Å². The Morgan fingerprint density at radius 1 is 1.24 bits per heavy atom. The lowest BCUT2D eigenvalue weighted by Crippen LogP contribution is -2.57. The zero-order valence-corrected chi connectivity index (χ0v) is 13.6. The number of nitrogens with one attached hydrogen (secondary N) is 1. The van der Waals surface area contributed by atoms with Gasteiger partial charge >= 0.3 is 0 Å². The van der Waals surface area contributed by atoms with E-state index < -0.39 is 0 Å². The summed E-state index contributed by atoms with van der Waals surface area (Å²) in [6, 6.07) is 5.04. The van der Waals surface area contributed by atoms with E-state index in [2.05, 4.69) is 55.0 Å². The highest BCUT2D eigenvalue weighted by molar-refractivity contribution is 5.48. The number of ether oxygens (including phenoxy) is 1. The van der Waals surface area contributed by atoms with E-state index in [1.807, 2.05) is 6.20 Å². The van der Waals surface area contributed by atoms with Crippen LogP contribution in [0, 0.1) is 0 Å². The standard InChI is InChI=1S/C17H27N3O/c1-16(2)11-20(12-17(3,4)21-16)15-7-8-18-14(9-15)10-19-13-5-6-13/h7-9,13,19H,5-6,10-12H2,1-4H3. The van der Waals surface area contributed by atoms with Gasteiger partial charge in [0.05, 0.1) is 16.9 Å². The lowest BCUT2D eigenvalue weighted by molar-refractivity contribution is -0.133. The first-order valence-electron chi connectivity index (χ1n) is 7.96. The molecule has 0 atom stereocenters. The quantitative estimate of drug-likeness (QED) is 0.925. The van der Waals surface area contributed by atoms with Gasteiger partial charge in [-0.3, -0.25) is 4.98 Å². The summed E-state index contributed by atoms with van der Waals surface area (Å²) < 4.78 is 6.16. The fraction of sp³-hybridized carbons (Fsp3) is 0.706. The normalized spacial score (nSPS) is 24.1. The Balaban J connectivity index is 1.73. The highest BCUT2D eigenvalue weighted by atomic mass is 16.5. The number of anilines is 1. The second kappa shape index (κ2) is 5.25. The lowest BCUT2D eigenvalue weighted by Gasteiger charge is -2.48. The summed E-state index contributed by atoms with van der Waals surface area (Å²) in [5.74, 6) is 0. The van der Waals surface area contributed by atoms with Gasteiger partial charge in [-0.05, 0) is 52.7 Å². The molecule has 2 aliphatic rings. The smallest absolute Gasteiger partial charge is 0.0808 e. The van der Waals surface area contributed by atoms with Crippen molar-refractivity contribution in [3.63, 3.8) is 0 Å². The molecule has 3 rings (SSSR count). The van der Waals surface area contributed by atoms with Crippen LogP contribution in [-0.4, -0.2) is 35.3 Å². The molecular formula is C17H27N3O. The summed E-state index contributed by atoms with van der Waals surface area (Å²) in [7, 11) is 0. The third kappa shape index (κ3) is 3.95. The molecule has 0 bridgehead atoms. The molecule has 0 amide bonds. The van der Waals surface area contributed by atoms with Gasteiger partial charge in [0, 0.05) is 37.6 Å². The van der Waals surface area contributed by atoms with Gasteiger partial charge in [0.1, 0.15) is 0 Å². The first-order chi connectivity index (χ1) is 9.83. The van der Waals surface area contributed by atoms with E-state index in [-0.39, 0.29) is 11.2 Å². The number of hydrogen-bond donors (Lipinski definition) is 1. The average Bonchev–Trinajstić information content (AvgIpc) is 3.17. The van der Waals surface area contributed by atoms with Crippen LogP contribution in [0.3, 0.4) is 0 Å². The van der Waals surface area contributed by atoms with Crippen LogP contribution in [0.5, 0.6) is 0 Å². The Morgan fingerprint density at radius 3 is 2.52 bits per heavy atom. The van der Waals surface area contributed by atoms with Crippen LogP contribution in [0.15, 0.2) is 18.3 Å². The minimum Gasteiger partial charge on any atom is -0.366 e. The van der Waals surface area contributed by atoms with Crippen molar-refractivity contribution in [3.05, 3.63) is 24.0 Å². The van der Waals surface area contributed by atoms with Crippen molar-refractivity contribution in [2.75, 3.05) is 18.0 Å². The maximum Gasteiger partial charge on any atom is 0.0808 e. The van der Waals surface area contributed by atoms with Crippen molar-refractivity contribution in [2.24, 2.45) is 0 Å². The molecule has 1 aliphatic heterocycles. The van der Waals surface area contributed by atoms with E-state index in [1.54, 1.807) is 0 Å². The molecular weight excluding hydrogens is 262 g/mol. The molecule has 21 heavy (non-hydrogen) atoms. The molecule has 1 aromatic heterocycles. The number of hydrogen-bond acceptors (Lipinski definition) is 4. The van der Waals surface area contributed by atoms with Crippen LogP contribution in [0.4, 0.5) is 5.69 Å². The largest absolute Gasteiger partial charge is 0.366 e. The SMILES string of the molecule is CC1(C)CN(c2ccnc(CNC3CC3)c2)CC(C)(C)O1. The number of pyridine rings is 1. The van der Waals surface area contributed by atoms with Gasteiger partial charge in [-0.25, -0.2) is 0 Å². The molecule has 0 unspecified atom stereocenters. The van der Waals surface area contributed by atoms with Crippen LogP contribution in [0.25, 0.3) is 0 Å². The van der Waals surface area contributed by atoms with Gasteiger partial charge in [0.25, 0.3) is 0 Å². The number of rotatable bonds is 4. The summed E-state index contributed by atoms with van der Waals surface area (Å²) in [6.07, 6.45) is 4.55. The Bertz CT molecular complexity index is 493. The molecule has 4 heteroatoms. The summed E-state index contributed by atoms with van der Waals surface area (Å²) in [6.45, 7) is 11.4. The minimum absolute atomic E-state index is 0.128. The Morgan fingerprint density at radius 2 is 1.90 bits per heavy atom. The van der Waals surface area contributed by atoms with Crippen molar-refractivity contribution >= 4 is 5.69 Å². The van der Waals surface area contributed by atoms with Crippen LogP contribution in [-0.2, 0) is 11.3 Å². The molecule has 2 heterocycles. The van der Waals surface area contributed by atoms with Gasteiger partial charge in [-0.1, -0.05) is 0 Å². The molecule has 1 aliphatic carbocycles. The van der Waals surface area contributed by atoms with Crippen molar-refractivity contribution in [3.8, 4) is 0 Å². The molecule has 1 saturated carbocycles. The Kier molecular flexibility index (Phi) is 3.70. The van der Waals surface area contributed by atoms with E-state index in [4.69, 9.17) is 4.74 Å². The monoisotopic (exact) mass is 289 g/mol. The zero-order chi connectivity index (χ0) is 15.1. The maximum atomic E-state index is 6.16. The van der Waals surface area contributed by atoms with Gasteiger partial charge in [-0.15, -0.1) is 0 Å². The number of nitrogens with zero attached hydrogens (tertiary/aromatic N) is 2. The molecule has 116 valence electrons. The fourth-order valence-corrected chi connectivity index (χ4v) is 3.27. The van der Waals surface area contributed by atoms with Crippen LogP contribution in [0.2, 0.25) is 0 Å². The first kappa shape index (κ1) is 14.8. The summed E-state index contributed by atoms with van der Waals surface area (Å²) in [5, 5.41) is 3.53. The van der Waals surface area contributed by atoms with Crippen molar-refractivity contribution in [2.45, 2.75) is 64.3 Å². The summed E-state index contributed by atoms with van der Waals surface area (Å²) in [4.78, 5) is 6.91. The summed E-state index contributed by atoms with van der Waals surface area (Å²) >= 11 is 0. The molecule has 4 nitrogen and oxygen atoms in total. The van der Waals surface area contributed by atoms with Crippen LogP contribution in [0.1, 0.15) is 46.2 Å². The van der Waals surface area contributed by atoms with Crippen molar-refractivity contribution < 1.29 is 4.74 Å². The predicted octanol–water partition coefficient (Wildman–Crippen LogP) is 2.73. The second-order valence-electron chi connectivity index (χ2n) is 7.64. The zero-order valence-electron chi connectivity index (χ0n) is 13.6. The Hall–Kier alpha value is -1.13. The molecule has 0 spiro atoms. The van der Waals surface area contributed by atoms with Crippen LogP contribution >= 0.6 is 0 Å². The number of morpholine rings is 1. The highest BCUT2D eigenvalue weighted by Gasteiger charge is 2.38. The van der Waals surface area contributed by atoms with E-state index in [0.29, 0.717) is 0 Å². The lowest BCUT2D eigenvalue weighted by atomic mass is 9.98. The third-order valence-electron chi connectivity index (χ3n) is 4.01. The molecule has 1 N–H and O–H groups in total. The van der Waals surface area contributed by atoms with Crippen molar-refractivity contribution in [1.29, 1.82) is 0 Å². The molecule has 1 aromatic rings. The maximum absolute atomic E-state index is 6.16. The summed E-state index contributed by atoms with van der Waals surface area (Å²) in [5.41, 5.74) is 2.12. The van der Waals surface area contributed by atoms with E-state index in [0.717, 1.165) is 31.4 Å². The average molecular weight is 289 g/mol. The van der Waals surface area contributed by atoms with Crippen LogP contribution < -0.4 is 10.2 Å². The van der Waals surface area contributed by atoms with Crippen molar-refractivity contribution in [1.82, 2.24) is 10.3 Å². The molecule has 0 aromatic carbocycles. The Labute approximate surface area is 127 Å². The van der Waals surface area contributed by atoms with E-state index in [9.17, 15) is 0 Å². The fourth-order valence-electron chi connectivity index (χ4n) is 3.27. The third-order valence-corrected chi connectivity index (χ3v) is 4.01. The molecule has 2 fully saturated rings. The van der Waals surface area contributed by atoms with E-state index >= 15 is 0 Å². The topological polar surface area (TPSA) is 37.4 Å². The number of aromatic nitrogens is 1. The molecule has 0 radical (unpaired) electrons. The minimum atomic E-state index is -0.128. The molecule has 1 saturated heterocycles.